The summed E-state index contributed by atoms with van der Waals surface area (Å²) in [6.45, 7) is -1.11. The number of halogens is 3. The first-order valence-corrected chi connectivity index (χ1v) is 9.85. The van der Waals surface area contributed by atoms with Crippen molar-refractivity contribution in [2.24, 2.45) is 28.9 Å². The largest absolute Gasteiger partial charge is 0.369 e. The fraction of sp³-hybridized carbons (Fsp3) is 0.600. The zero-order chi connectivity index (χ0) is 19.1. The Hall–Kier alpha value is -1.69. The third-order valence-corrected chi connectivity index (χ3v) is 7.78. The number of hydrogen-bond acceptors (Lipinski definition) is 2. The lowest BCUT2D eigenvalue weighted by atomic mass is 9.65. The van der Waals surface area contributed by atoms with Crippen molar-refractivity contribution < 1.29 is 18.4 Å². The number of rotatable bonds is 3. The minimum absolute atomic E-state index is 0.135. The van der Waals surface area contributed by atoms with E-state index >= 15 is 0 Å². The fourth-order valence-corrected chi connectivity index (χ4v) is 6.76. The SMILES string of the molecule is NC(=O)C12CC3CC1CC(C2)C3c1cccc(Cl)c1C(=O)N1CC(F)(F)C1. The molecule has 0 spiro atoms. The molecule has 4 aliphatic carbocycles. The van der Waals surface area contributed by atoms with Gasteiger partial charge in [-0.2, -0.15) is 0 Å². The van der Waals surface area contributed by atoms with Gasteiger partial charge >= 0.3 is 0 Å². The molecule has 6 rings (SSSR count). The highest BCUT2D eigenvalue weighted by atomic mass is 35.5. The molecule has 1 heterocycles. The highest BCUT2D eigenvalue weighted by molar-refractivity contribution is 6.34. The Morgan fingerprint density at radius 2 is 1.78 bits per heavy atom. The van der Waals surface area contributed by atoms with Crippen molar-refractivity contribution in [2.45, 2.75) is 37.5 Å². The number of benzene rings is 1. The maximum absolute atomic E-state index is 13.3. The molecule has 4 nitrogen and oxygen atoms in total. The first-order valence-electron chi connectivity index (χ1n) is 9.47. The molecule has 4 bridgehead atoms. The van der Waals surface area contributed by atoms with Gasteiger partial charge in [-0.05, 0) is 61.0 Å². The molecule has 5 fully saturated rings. The van der Waals surface area contributed by atoms with Crippen LogP contribution in [0.5, 0.6) is 0 Å². The molecule has 5 aliphatic rings. The van der Waals surface area contributed by atoms with E-state index < -0.39 is 24.9 Å². The second-order valence-corrected chi connectivity index (χ2v) is 9.27. The van der Waals surface area contributed by atoms with Crippen LogP contribution < -0.4 is 5.73 Å². The molecule has 2 atom stereocenters. The van der Waals surface area contributed by atoms with Gasteiger partial charge in [0.25, 0.3) is 11.8 Å². The molecule has 0 aromatic heterocycles. The van der Waals surface area contributed by atoms with E-state index in [4.69, 9.17) is 17.3 Å². The van der Waals surface area contributed by atoms with Gasteiger partial charge in [0.1, 0.15) is 0 Å². The van der Waals surface area contributed by atoms with Gasteiger partial charge in [0.2, 0.25) is 5.91 Å². The van der Waals surface area contributed by atoms with Crippen molar-refractivity contribution in [3.05, 3.63) is 34.3 Å². The van der Waals surface area contributed by atoms with E-state index in [1.165, 1.54) is 4.90 Å². The van der Waals surface area contributed by atoms with Gasteiger partial charge in [0.15, 0.2) is 0 Å². The van der Waals surface area contributed by atoms with E-state index in [1.807, 2.05) is 12.1 Å². The summed E-state index contributed by atoms with van der Waals surface area (Å²) in [7, 11) is 0. The van der Waals surface area contributed by atoms with Crippen molar-refractivity contribution in [1.82, 2.24) is 4.90 Å². The zero-order valence-electron chi connectivity index (χ0n) is 14.8. The maximum atomic E-state index is 13.3. The van der Waals surface area contributed by atoms with E-state index in [1.54, 1.807) is 6.07 Å². The van der Waals surface area contributed by atoms with Gasteiger partial charge in [-0.25, -0.2) is 8.78 Å². The van der Waals surface area contributed by atoms with Gasteiger partial charge in [0.05, 0.1) is 29.1 Å². The molecule has 2 N–H and O–H groups in total. The molecule has 7 heteroatoms. The number of primary amides is 1. The minimum atomic E-state index is -2.81. The zero-order valence-corrected chi connectivity index (χ0v) is 15.5. The summed E-state index contributed by atoms with van der Waals surface area (Å²) in [5.74, 6) is -2.36. The lowest BCUT2D eigenvalue weighted by Crippen LogP contribution is -2.58. The Morgan fingerprint density at radius 1 is 1.15 bits per heavy atom. The second kappa shape index (κ2) is 5.43. The van der Waals surface area contributed by atoms with Crippen LogP contribution in [-0.4, -0.2) is 35.7 Å². The van der Waals surface area contributed by atoms with Crippen LogP contribution in [0.15, 0.2) is 18.2 Å². The molecular weight excluding hydrogens is 374 g/mol. The topological polar surface area (TPSA) is 63.4 Å². The quantitative estimate of drug-likeness (QED) is 0.853. The van der Waals surface area contributed by atoms with Gasteiger partial charge < -0.3 is 10.6 Å². The Kier molecular flexibility index (Phi) is 3.50. The number of amides is 2. The highest BCUT2D eigenvalue weighted by Crippen LogP contribution is 2.69. The molecule has 1 saturated heterocycles. The average molecular weight is 395 g/mol. The first-order chi connectivity index (χ1) is 12.7. The summed E-state index contributed by atoms with van der Waals surface area (Å²) in [5, 5.41) is 0.313. The molecule has 27 heavy (non-hydrogen) atoms. The van der Waals surface area contributed by atoms with Gasteiger partial charge in [0, 0.05) is 0 Å². The summed E-state index contributed by atoms with van der Waals surface area (Å²) in [6.07, 6.45) is 3.39. The van der Waals surface area contributed by atoms with Crippen LogP contribution in [-0.2, 0) is 4.79 Å². The smallest absolute Gasteiger partial charge is 0.282 e. The molecule has 4 saturated carbocycles. The Labute approximate surface area is 161 Å². The van der Waals surface area contributed by atoms with E-state index in [0.717, 1.165) is 31.2 Å². The predicted molar refractivity (Wildman–Crippen MR) is 95.6 cm³/mol. The minimum Gasteiger partial charge on any atom is -0.369 e. The molecule has 2 unspecified atom stereocenters. The lowest BCUT2D eigenvalue weighted by molar-refractivity contribution is -0.129. The molecule has 2 amide bonds. The number of carbonyl (C=O) groups excluding carboxylic acids is 2. The van der Waals surface area contributed by atoms with Crippen molar-refractivity contribution in [1.29, 1.82) is 0 Å². The third-order valence-electron chi connectivity index (χ3n) is 7.47. The first kappa shape index (κ1) is 17.4. The van der Waals surface area contributed by atoms with Crippen LogP contribution in [0.1, 0.15) is 47.5 Å². The molecule has 1 aliphatic heterocycles. The Morgan fingerprint density at radius 3 is 2.30 bits per heavy atom. The van der Waals surface area contributed by atoms with E-state index in [2.05, 4.69) is 0 Å². The number of carbonyl (C=O) groups is 2. The monoisotopic (exact) mass is 394 g/mol. The lowest BCUT2D eigenvalue weighted by Gasteiger charge is -2.41. The van der Waals surface area contributed by atoms with Crippen molar-refractivity contribution in [3.8, 4) is 0 Å². The second-order valence-electron chi connectivity index (χ2n) is 8.86. The molecule has 144 valence electrons. The van der Waals surface area contributed by atoms with Crippen LogP contribution in [0.4, 0.5) is 8.78 Å². The van der Waals surface area contributed by atoms with E-state index in [-0.39, 0.29) is 29.1 Å². The molecule has 1 aromatic carbocycles. The van der Waals surface area contributed by atoms with E-state index in [0.29, 0.717) is 16.5 Å². The van der Waals surface area contributed by atoms with Gasteiger partial charge in [-0.1, -0.05) is 23.7 Å². The summed E-state index contributed by atoms with van der Waals surface area (Å²) in [5.41, 5.74) is 6.58. The van der Waals surface area contributed by atoms with Crippen molar-refractivity contribution in [2.75, 3.05) is 13.1 Å². The predicted octanol–water partition coefficient (Wildman–Crippen LogP) is 3.44. The number of likely N-dealkylation sites (tertiary alicyclic amines) is 1. The highest BCUT2D eigenvalue weighted by Gasteiger charge is 2.64. The summed E-state index contributed by atoms with van der Waals surface area (Å²) in [4.78, 5) is 26.2. The molecule has 0 radical (unpaired) electrons. The number of alkyl halides is 2. The summed E-state index contributed by atoms with van der Waals surface area (Å²) in [6, 6.07) is 5.37. The molecule has 1 aromatic rings. The Balaban J connectivity index is 1.50. The van der Waals surface area contributed by atoms with Gasteiger partial charge in [-0.3, -0.25) is 9.59 Å². The standard InChI is InChI=1S/C20H21ClF2N2O2/c21-14-3-1-2-13(16(14)17(26)25-8-20(22,23)9-25)15-10-4-12-5-11(15)7-19(12,6-10)18(24)27/h1-3,10-12,15H,4-9H2,(H2,24,27). The number of nitrogens with zero attached hydrogens (tertiary/aromatic N) is 1. The average Bonchev–Trinajstić information content (AvgIpc) is 3.01. The van der Waals surface area contributed by atoms with Crippen LogP contribution in [0.3, 0.4) is 0 Å². The van der Waals surface area contributed by atoms with Crippen molar-refractivity contribution >= 4 is 23.4 Å². The number of hydrogen-bond donors (Lipinski definition) is 1. The maximum Gasteiger partial charge on any atom is 0.282 e. The number of nitrogens with two attached hydrogens (primary N) is 1. The van der Waals surface area contributed by atoms with Gasteiger partial charge in [-0.15, -0.1) is 0 Å². The fourth-order valence-electron chi connectivity index (χ4n) is 6.50. The van der Waals surface area contributed by atoms with Crippen LogP contribution >= 0.6 is 11.6 Å². The van der Waals surface area contributed by atoms with Crippen LogP contribution in [0.25, 0.3) is 0 Å². The summed E-state index contributed by atoms with van der Waals surface area (Å²) >= 11 is 6.37. The molecular formula is C20H21ClF2N2O2. The van der Waals surface area contributed by atoms with E-state index in [9.17, 15) is 18.4 Å². The van der Waals surface area contributed by atoms with Crippen LogP contribution in [0.2, 0.25) is 5.02 Å². The third kappa shape index (κ3) is 2.31. The van der Waals surface area contributed by atoms with Crippen molar-refractivity contribution in [3.63, 3.8) is 0 Å². The Bertz CT molecular complexity index is 834. The van der Waals surface area contributed by atoms with Crippen LogP contribution in [0, 0.1) is 23.2 Å². The normalized spacial score (nSPS) is 38.1. The summed E-state index contributed by atoms with van der Waals surface area (Å²) < 4.78 is 26.5.